The summed E-state index contributed by atoms with van der Waals surface area (Å²) in [6, 6.07) is 0. The monoisotopic (exact) mass is 221 g/mol. The van der Waals surface area contributed by atoms with Crippen LogP contribution in [0.15, 0.2) is 0 Å². The molecule has 0 bridgehead atoms. The fourth-order valence-electron chi connectivity index (χ4n) is 0.438. The molecule has 0 amide bonds. The van der Waals surface area contributed by atoms with Crippen molar-refractivity contribution in [2.75, 3.05) is 13.2 Å². The molecule has 0 saturated heterocycles. The lowest BCUT2D eigenvalue weighted by molar-refractivity contribution is -0.309. The van der Waals surface area contributed by atoms with Crippen LogP contribution in [-0.2, 0) is 9.53 Å². The molecule has 0 fully saturated rings. The number of halogens is 5. The molecule has 0 heterocycles. The molecule has 0 unspecified atom stereocenters. The van der Waals surface area contributed by atoms with Crippen LogP contribution in [0.3, 0.4) is 0 Å². The van der Waals surface area contributed by atoms with Crippen LogP contribution in [0, 0.1) is 0 Å². The maximum atomic E-state index is 12.0. The van der Waals surface area contributed by atoms with Crippen LogP contribution in [0.2, 0.25) is 0 Å². The van der Waals surface area contributed by atoms with E-state index >= 15 is 0 Å². The van der Waals surface area contributed by atoms with Crippen molar-refractivity contribution in [2.24, 2.45) is 0 Å². The third kappa shape index (κ3) is 4.35. The zero-order chi connectivity index (χ0) is 11.4. The smallest absolute Gasteiger partial charge is 0.455 e. The van der Waals surface area contributed by atoms with Crippen molar-refractivity contribution in [2.45, 2.75) is 18.5 Å². The van der Waals surface area contributed by atoms with Crippen molar-refractivity contribution < 1.29 is 36.6 Å². The molecule has 0 aromatic rings. The van der Waals surface area contributed by atoms with Crippen LogP contribution in [0.4, 0.5) is 22.0 Å². The maximum Gasteiger partial charge on any atom is 0.455 e. The lowest BCUT2D eigenvalue weighted by Gasteiger charge is -2.19. The molecule has 14 heavy (non-hydrogen) atoms. The van der Waals surface area contributed by atoms with E-state index in [-0.39, 0.29) is 0 Å². The second kappa shape index (κ2) is 4.54. The van der Waals surface area contributed by atoms with E-state index in [1.807, 2.05) is 0 Å². The van der Waals surface area contributed by atoms with Gasteiger partial charge in [0, 0.05) is 12.4 Å². The largest absolute Gasteiger partial charge is 0.550 e. The lowest BCUT2D eigenvalue weighted by Crippen LogP contribution is -2.41. The van der Waals surface area contributed by atoms with Gasteiger partial charge < -0.3 is 14.6 Å². The summed E-state index contributed by atoms with van der Waals surface area (Å²) in [6.07, 6.45) is -6.41. The molecule has 84 valence electrons. The molecule has 0 atom stereocenters. The molecule has 0 aromatic heterocycles. The van der Waals surface area contributed by atoms with Gasteiger partial charge in [-0.25, -0.2) is 0 Å². The summed E-state index contributed by atoms with van der Waals surface area (Å²) >= 11 is 0. The summed E-state index contributed by atoms with van der Waals surface area (Å²) in [6.45, 7) is -2.63. The van der Waals surface area contributed by atoms with Crippen LogP contribution >= 0.6 is 0 Å². The Balaban J connectivity index is 3.83. The fraction of sp³-hybridized carbons (Fsp3) is 0.833. The van der Waals surface area contributed by atoms with Gasteiger partial charge in [0.25, 0.3) is 0 Å². The normalized spacial score (nSPS) is 12.9. The standard InChI is InChI=1S/C6H7F5O3/c7-5(8,6(9,10)11)3-14-2-1-4(12)13/h1-3H2,(H,12,13)/p-1. The number of ether oxygens (including phenoxy) is 1. The van der Waals surface area contributed by atoms with Gasteiger partial charge in [-0.05, 0) is 0 Å². The van der Waals surface area contributed by atoms with Gasteiger partial charge in [0.15, 0.2) is 0 Å². The van der Waals surface area contributed by atoms with Crippen molar-refractivity contribution in [3.8, 4) is 0 Å². The van der Waals surface area contributed by atoms with Gasteiger partial charge in [-0.2, -0.15) is 22.0 Å². The van der Waals surface area contributed by atoms with Crippen molar-refractivity contribution >= 4 is 5.97 Å². The molecule has 0 radical (unpaired) electrons. The number of carbonyl (C=O) groups is 1. The molecule has 0 aliphatic heterocycles. The van der Waals surface area contributed by atoms with E-state index in [4.69, 9.17) is 0 Å². The highest BCUT2D eigenvalue weighted by Gasteiger charge is 2.57. The number of rotatable bonds is 5. The van der Waals surface area contributed by atoms with Crippen LogP contribution in [0.5, 0.6) is 0 Å². The minimum atomic E-state index is -5.69. The fourth-order valence-corrected chi connectivity index (χ4v) is 0.438. The molecular formula is C6H6F5O3-. The van der Waals surface area contributed by atoms with Crippen molar-refractivity contribution in [1.82, 2.24) is 0 Å². The van der Waals surface area contributed by atoms with E-state index in [0.717, 1.165) is 0 Å². The van der Waals surface area contributed by atoms with Gasteiger partial charge in [-0.15, -0.1) is 0 Å². The van der Waals surface area contributed by atoms with Gasteiger partial charge in [-0.1, -0.05) is 0 Å². The van der Waals surface area contributed by atoms with Crippen molar-refractivity contribution in [3.63, 3.8) is 0 Å². The Morgan fingerprint density at radius 2 is 1.71 bits per heavy atom. The number of hydrogen-bond acceptors (Lipinski definition) is 3. The second-order valence-corrected chi connectivity index (χ2v) is 2.38. The van der Waals surface area contributed by atoms with E-state index in [2.05, 4.69) is 4.74 Å². The first-order valence-electron chi connectivity index (χ1n) is 3.39. The highest BCUT2D eigenvalue weighted by atomic mass is 19.4. The van der Waals surface area contributed by atoms with E-state index in [0.29, 0.717) is 0 Å². The zero-order valence-electron chi connectivity index (χ0n) is 6.74. The lowest BCUT2D eigenvalue weighted by atomic mass is 10.3. The third-order valence-corrected chi connectivity index (χ3v) is 1.15. The topological polar surface area (TPSA) is 49.4 Å². The molecule has 0 N–H and O–H groups in total. The molecule has 3 nitrogen and oxygen atoms in total. The summed E-state index contributed by atoms with van der Waals surface area (Å²) in [7, 11) is 0. The Hall–Kier alpha value is -0.920. The molecule has 0 rings (SSSR count). The quantitative estimate of drug-likeness (QED) is 0.496. The summed E-state index contributed by atoms with van der Waals surface area (Å²) in [4.78, 5) is 9.72. The number of aliphatic carboxylic acids is 1. The van der Waals surface area contributed by atoms with Gasteiger partial charge in [-0.3, -0.25) is 0 Å². The van der Waals surface area contributed by atoms with Gasteiger partial charge >= 0.3 is 12.1 Å². The van der Waals surface area contributed by atoms with Gasteiger partial charge in [0.1, 0.15) is 6.61 Å². The molecular weight excluding hydrogens is 215 g/mol. The summed E-state index contributed by atoms with van der Waals surface area (Å²) in [5.74, 6) is -6.54. The minimum Gasteiger partial charge on any atom is -0.550 e. The molecule has 0 aromatic carbocycles. The Morgan fingerprint density at radius 1 is 1.21 bits per heavy atom. The Labute approximate surface area is 75.5 Å². The van der Waals surface area contributed by atoms with E-state index in [1.54, 1.807) is 0 Å². The number of carboxylic acid groups (broad SMARTS) is 1. The SMILES string of the molecule is O=C([O-])CCOCC(F)(F)C(F)(F)F. The molecule has 0 aliphatic carbocycles. The molecule has 0 aliphatic rings. The summed E-state index contributed by atoms with van der Waals surface area (Å²) in [5.41, 5.74) is 0. The van der Waals surface area contributed by atoms with Crippen LogP contribution in [0.25, 0.3) is 0 Å². The van der Waals surface area contributed by atoms with Crippen LogP contribution < -0.4 is 5.11 Å². The molecule has 0 spiro atoms. The first-order chi connectivity index (χ1) is 6.17. The van der Waals surface area contributed by atoms with Crippen molar-refractivity contribution in [1.29, 1.82) is 0 Å². The average Bonchev–Trinajstić information content (AvgIpc) is 1.95. The average molecular weight is 221 g/mol. The van der Waals surface area contributed by atoms with E-state index in [9.17, 15) is 31.9 Å². The Kier molecular flexibility index (Phi) is 4.24. The molecule has 8 heteroatoms. The number of hydrogen-bond donors (Lipinski definition) is 0. The predicted molar refractivity (Wildman–Crippen MR) is 31.4 cm³/mol. The number of carbonyl (C=O) groups excluding carboxylic acids is 1. The van der Waals surface area contributed by atoms with E-state index in [1.165, 1.54) is 0 Å². The minimum absolute atomic E-state index is 0.728. The highest BCUT2D eigenvalue weighted by molar-refractivity contribution is 5.64. The number of carboxylic acids is 1. The Morgan fingerprint density at radius 3 is 2.07 bits per heavy atom. The first kappa shape index (κ1) is 13.1. The molecule has 0 saturated carbocycles. The van der Waals surface area contributed by atoms with E-state index < -0.39 is 37.7 Å². The van der Waals surface area contributed by atoms with Gasteiger partial charge in [0.2, 0.25) is 0 Å². The third-order valence-electron chi connectivity index (χ3n) is 1.15. The predicted octanol–water partition coefficient (Wildman–Crippen LogP) is 0.341. The second-order valence-electron chi connectivity index (χ2n) is 2.38. The summed E-state index contributed by atoms with van der Waals surface area (Å²) in [5, 5.41) is 9.72. The Bertz CT molecular complexity index is 200. The van der Waals surface area contributed by atoms with Gasteiger partial charge in [0.05, 0.1) is 6.61 Å². The van der Waals surface area contributed by atoms with Crippen LogP contribution in [-0.4, -0.2) is 31.3 Å². The number of alkyl halides is 5. The first-order valence-corrected chi connectivity index (χ1v) is 3.39. The van der Waals surface area contributed by atoms with Crippen LogP contribution in [0.1, 0.15) is 6.42 Å². The van der Waals surface area contributed by atoms with Crippen molar-refractivity contribution in [3.05, 3.63) is 0 Å². The highest BCUT2D eigenvalue weighted by Crippen LogP contribution is 2.35. The maximum absolute atomic E-state index is 12.0. The zero-order valence-corrected chi connectivity index (χ0v) is 6.74. The summed E-state index contributed by atoms with van der Waals surface area (Å²) < 4.78 is 62.3.